The molecular weight excluding hydrogens is 214 g/mol. The van der Waals surface area contributed by atoms with Gasteiger partial charge in [-0.25, -0.2) is 0 Å². The van der Waals surface area contributed by atoms with Gasteiger partial charge in [-0.05, 0) is 31.7 Å². The van der Waals surface area contributed by atoms with Gasteiger partial charge in [0.25, 0.3) is 0 Å². The number of hydrogen-bond acceptors (Lipinski definition) is 3. The molecule has 1 amide bonds. The second-order valence-electron chi connectivity index (χ2n) is 4.66. The Morgan fingerprint density at radius 2 is 1.88 bits per heavy atom. The van der Waals surface area contributed by atoms with Crippen molar-refractivity contribution < 1.29 is 4.79 Å². The molecule has 0 saturated carbocycles. The monoisotopic (exact) mass is 233 g/mol. The predicted octanol–water partition coefficient (Wildman–Crippen LogP) is 0.846. The lowest BCUT2D eigenvalue weighted by molar-refractivity contribution is 0.100. The maximum Gasteiger partial charge on any atom is 0.248 e. The third kappa shape index (κ3) is 2.58. The number of primary amides is 1. The van der Waals surface area contributed by atoms with Crippen LogP contribution in [-0.4, -0.2) is 44.0 Å². The molecule has 4 nitrogen and oxygen atoms in total. The van der Waals surface area contributed by atoms with Crippen molar-refractivity contribution in [3.05, 3.63) is 29.3 Å². The first-order valence-electron chi connectivity index (χ1n) is 5.92. The van der Waals surface area contributed by atoms with E-state index in [0.29, 0.717) is 5.56 Å². The molecule has 0 spiro atoms. The highest BCUT2D eigenvalue weighted by Crippen LogP contribution is 2.22. The lowest BCUT2D eigenvalue weighted by Gasteiger charge is -2.35. The molecule has 0 bridgehead atoms. The molecule has 0 aromatic heterocycles. The predicted molar refractivity (Wildman–Crippen MR) is 69.4 cm³/mol. The molecule has 1 aromatic carbocycles. The average Bonchev–Trinajstić information content (AvgIpc) is 2.31. The van der Waals surface area contributed by atoms with Crippen molar-refractivity contribution in [2.45, 2.75) is 6.92 Å². The Bertz CT molecular complexity index is 423. The van der Waals surface area contributed by atoms with E-state index in [1.807, 2.05) is 12.1 Å². The van der Waals surface area contributed by atoms with Crippen LogP contribution in [0, 0.1) is 6.92 Å². The summed E-state index contributed by atoms with van der Waals surface area (Å²) in [5, 5.41) is 0. The number of amides is 1. The van der Waals surface area contributed by atoms with Crippen molar-refractivity contribution >= 4 is 11.6 Å². The van der Waals surface area contributed by atoms with Gasteiger partial charge in [0, 0.05) is 37.4 Å². The fourth-order valence-electron chi connectivity index (χ4n) is 2.15. The van der Waals surface area contributed by atoms with Crippen LogP contribution in [0.15, 0.2) is 18.2 Å². The molecule has 1 heterocycles. The summed E-state index contributed by atoms with van der Waals surface area (Å²) in [6, 6.07) is 5.66. The lowest BCUT2D eigenvalue weighted by atomic mass is 10.1. The minimum absolute atomic E-state index is 0.361. The molecule has 0 unspecified atom stereocenters. The number of likely N-dealkylation sites (N-methyl/N-ethyl adjacent to an activating group) is 1. The van der Waals surface area contributed by atoms with Gasteiger partial charge in [-0.2, -0.15) is 0 Å². The Kier molecular flexibility index (Phi) is 3.33. The Morgan fingerprint density at radius 3 is 2.47 bits per heavy atom. The molecule has 4 heteroatoms. The first-order valence-corrected chi connectivity index (χ1v) is 5.92. The number of rotatable bonds is 2. The van der Waals surface area contributed by atoms with E-state index in [-0.39, 0.29) is 5.91 Å². The summed E-state index contributed by atoms with van der Waals surface area (Å²) in [6.45, 7) is 6.18. The number of hydrogen-bond donors (Lipinski definition) is 1. The zero-order valence-electron chi connectivity index (χ0n) is 10.4. The number of piperazine rings is 1. The number of nitrogens with zero attached hydrogens (tertiary/aromatic N) is 2. The number of carbonyl (C=O) groups is 1. The first kappa shape index (κ1) is 11.9. The van der Waals surface area contributed by atoms with Gasteiger partial charge in [0.1, 0.15) is 0 Å². The number of anilines is 1. The summed E-state index contributed by atoms with van der Waals surface area (Å²) in [6.07, 6.45) is 0. The van der Waals surface area contributed by atoms with Crippen LogP contribution >= 0.6 is 0 Å². The fourth-order valence-corrected chi connectivity index (χ4v) is 2.15. The fraction of sp³-hybridized carbons (Fsp3) is 0.462. The van der Waals surface area contributed by atoms with Crippen LogP contribution in [0.3, 0.4) is 0 Å². The van der Waals surface area contributed by atoms with Crippen molar-refractivity contribution in [3.8, 4) is 0 Å². The van der Waals surface area contributed by atoms with Gasteiger partial charge >= 0.3 is 0 Å². The molecule has 17 heavy (non-hydrogen) atoms. The van der Waals surface area contributed by atoms with Crippen molar-refractivity contribution in [1.29, 1.82) is 0 Å². The van der Waals surface area contributed by atoms with Gasteiger partial charge in [-0.1, -0.05) is 6.07 Å². The van der Waals surface area contributed by atoms with Crippen LogP contribution < -0.4 is 10.6 Å². The number of nitrogens with two attached hydrogens (primary N) is 1. The molecule has 92 valence electrons. The van der Waals surface area contributed by atoms with E-state index in [9.17, 15) is 4.79 Å². The van der Waals surface area contributed by atoms with Crippen molar-refractivity contribution in [3.63, 3.8) is 0 Å². The van der Waals surface area contributed by atoms with E-state index >= 15 is 0 Å². The molecule has 0 radical (unpaired) electrons. The number of carbonyl (C=O) groups excluding carboxylic acids is 1. The number of benzene rings is 1. The zero-order chi connectivity index (χ0) is 12.4. The highest BCUT2D eigenvalue weighted by Gasteiger charge is 2.16. The Balaban J connectivity index is 2.25. The third-order valence-corrected chi connectivity index (χ3v) is 3.34. The van der Waals surface area contributed by atoms with Crippen molar-refractivity contribution in [1.82, 2.24) is 4.90 Å². The molecule has 1 aliphatic heterocycles. The van der Waals surface area contributed by atoms with E-state index in [0.717, 1.165) is 31.9 Å². The highest BCUT2D eigenvalue weighted by atomic mass is 16.1. The van der Waals surface area contributed by atoms with Crippen LogP contribution in [0.2, 0.25) is 0 Å². The summed E-state index contributed by atoms with van der Waals surface area (Å²) in [7, 11) is 2.13. The van der Waals surface area contributed by atoms with Gasteiger partial charge < -0.3 is 15.5 Å². The molecule has 1 aromatic rings. The molecule has 2 N–H and O–H groups in total. The van der Waals surface area contributed by atoms with E-state index in [1.54, 1.807) is 6.07 Å². The minimum Gasteiger partial charge on any atom is -0.369 e. The van der Waals surface area contributed by atoms with E-state index in [2.05, 4.69) is 23.8 Å². The summed E-state index contributed by atoms with van der Waals surface area (Å²) in [5.74, 6) is -0.361. The maximum atomic E-state index is 11.2. The minimum atomic E-state index is -0.361. The lowest BCUT2D eigenvalue weighted by Crippen LogP contribution is -2.44. The highest BCUT2D eigenvalue weighted by molar-refractivity contribution is 5.94. The summed E-state index contributed by atoms with van der Waals surface area (Å²) in [4.78, 5) is 15.8. The maximum absolute atomic E-state index is 11.2. The first-order chi connectivity index (χ1) is 8.08. The second kappa shape index (κ2) is 4.75. The molecule has 1 fully saturated rings. The summed E-state index contributed by atoms with van der Waals surface area (Å²) < 4.78 is 0. The SMILES string of the molecule is Cc1ccc(C(N)=O)cc1N1CCN(C)CC1. The number of aryl methyl sites for hydroxylation is 1. The third-order valence-electron chi connectivity index (χ3n) is 3.34. The molecular formula is C13H19N3O. The Hall–Kier alpha value is -1.55. The summed E-state index contributed by atoms with van der Waals surface area (Å²) in [5.41, 5.74) is 8.23. The van der Waals surface area contributed by atoms with Crippen LogP contribution in [0.5, 0.6) is 0 Å². The van der Waals surface area contributed by atoms with Crippen LogP contribution in [-0.2, 0) is 0 Å². The van der Waals surface area contributed by atoms with E-state index in [1.165, 1.54) is 5.56 Å². The molecule has 0 aliphatic carbocycles. The zero-order valence-corrected chi connectivity index (χ0v) is 10.4. The molecule has 0 atom stereocenters. The van der Waals surface area contributed by atoms with Gasteiger partial charge in [0.05, 0.1) is 0 Å². The molecule has 2 rings (SSSR count). The van der Waals surface area contributed by atoms with Crippen molar-refractivity contribution in [2.24, 2.45) is 5.73 Å². The van der Waals surface area contributed by atoms with E-state index < -0.39 is 0 Å². The topological polar surface area (TPSA) is 49.6 Å². The summed E-state index contributed by atoms with van der Waals surface area (Å²) >= 11 is 0. The largest absolute Gasteiger partial charge is 0.369 e. The average molecular weight is 233 g/mol. The quantitative estimate of drug-likeness (QED) is 0.823. The van der Waals surface area contributed by atoms with Gasteiger partial charge in [0.2, 0.25) is 5.91 Å². The van der Waals surface area contributed by atoms with Crippen molar-refractivity contribution in [2.75, 3.05) is 38.1 Å². The molecule has 1 aliphatic rings. The van der Waals surface area contributed by atoms with Gasteiger partial charge in [-0.3, -0.25) is 4.79 Å². The second-order valence-corrected chi connectivity index (χ2v) is 4.66. The van der Waals surface area contributed by atoms with Gasteiger partial charge in [-0.15, -0.1) is 0 Å². The Morgan fingerprint density at radius 1 is 1.24 bits per heavy atom. The van der Waals surface area contributed by atoms with Crippen LogP contribution in [0.1, 0.15) is 15.9 Å². The smallest absolute Gasteiger partial charge is 0.248 e. The Labute approximate surface area is 102 Å². The standard InChI is InChI=1S/C13H19N3O/c1-10-3-4-11(13(14)17)9-12(10)16-7-5-15(2)6-8-16/h3-4,9H,5-8H2,1-2H3,(H2,14,17). The normalized spacial score (nSPS) is 17.2. The van der Waals surface area contributed by atoms with E-state index in [4.69, 9.17) is 5.73 Å². The van der Waals surface area contributed by atoms with Crippen LogP contribution in [0.25, 0.3) is 0 Å². The van der Waals surface area contributed by atoms with Gasteiger partial charge in [0.15, 0.2) is 0 Å². The molecule has 1 saturated heterocycles. The van der Waals surface area contributed by atoms with Crippen LogP contribution in [0.4, 0.5) is 5.69 Å².